The molecule has 1 amide bonds. The molecule has 1 saturated heterocycles. The summed E-state index contributed by atoms with van der Waals surface area (Å²) in [6.45, 7) is 3.97. The third-order valence-electron chi connectivity index (χ3n) is 5.62. The highest BCUT2D eigenvalue weighted by molar-refractivity contribution is 6.51. The van der Waals surface area contributed by atoms with Crippen LogP contribution in [0.1, 0.15) is 42.6 Å². The first-order valence-corrected chi connectivity index (χ1v) is 10.5. The van der Waals surface area contributed by atoms with E-state index in [1.54, 1.807) is 43.5 Å². The second-order valence-electron chi connectivity index (χ2n) is 8.02. The maximum atomic E-state index is 14.0. The van der Waals surface area contributed by atoms with E-state index in [4.69, 9.17) is 4.74 Å². The molecule has 0 radical (unpaired) electrons. The van der Waals surface area contributed by atoms with Crippen molar-refractivity contribution < 1.29 is 23.8 Å². The third-order valence-corrected chi connectivity index (χ3v) is 5.62. The zero-order valence-corrected chi connectivity index (χ0v) is 18.4. The van der Waals surface area contributed by atoms with Gasteiger partial charge in [-0.25, -0.2) is 4.39 Å². The highest BCUT2D eigenvalue weighted by Crippen LogP contribution is 2.42. The van der Waals surface area contributed by atoms with Crippen molar-refractivity contribution in [1.82, 2.24) is 4.98 Å². The van der Waals surface area contributed by atoms with Crippen molar-refractivity contribution in [2.24, 2.45) is 0 Å². The largest absolute Gasteiger partial charge is 0.507 e. The van der Waals surface area contributed by atoms with E-state index in [9.17, 15) is 19.1 Å². The molecular weight excluding hydrogens is 423 g/mol. The number of rotatable bonds is 5. The van der Waals surface area contributed by atoms with E-state index in [-0.39, 0.29) is 22.9 Å². The van der Waals surface area contributed by atoms with Gasteiger partial charge in [0.15, 0.2) is 0 Å². The highest BCUT2D eigenvalue weighted by atomic mass is 19.1. The molecule has 1 N–H and O–H groups in total. The predicted octanol–water partition coefficient (Wildman–Crippen LogP) is 4.98. The van der Waals surface area contributed by atoms with Gasteiger partial charge in [-0.3, -0.25) is 19.5 Å². The number of ketones is 1. The van der Waals surface area contributed by atoms with E-state index in [1.807, 2.05) is 13.8 Å². The monoisotopic (exact) mass is 446 g/mol. The number of carbonyl (C=O) groups excluding carboxylic acids is 2. The minimum atomic E-state index is -1.02. The number of halogens is 1. The van der Waals surface area contributed by atoms with E-state index < -0.39 is 23.5 Å². The second kappa shape index (κ2) is 8.86. The Morgan fingerprint density at radius 2 is 1.88 bits per heavy atom. The lowest BCUT2D eigenvalue weighted by Gasteiger charge is -2.24. The first kappa shape index (κ1) is 22.2. The van der Waals surface area contributed by atoms with Gasteiger partial charge in [0, 0.05) is 17.4 Å². The van der Waals surface area contributed by atoms with Crippen LogP contribution in [-0.4, -0.2) is 28.9 Å². The summed E-state index contributed by atoms with van der Waals surface area (Å²) in [7, 11) is 1.56. The molecule has 0 saturated carbocycles. The predicted molar refractivity (Wildman–Crippen MR) is 123 cm³/mol. The molecular formula is C26H23FN2O4. The van der Waals surface area contributed by atoms with Gasteiger partial charge in [0.05, 0.1) is 18.4 Å². The molecule has 6 nitrogen and oxygen atoms in total. The topological polar surface area (TPSA) is 79.7 Å². The first-order valence-electron chi connectivity index (χ1n) is 10.5. The van der Waals surface area contributed by atoms with Crippen LogP contribution < -0.4 is 9.64 Å². The first-order chi connectivity index (χ1) is 15.8. The maximum absolute atomic E-state index is 14.0. The van der Waals surface area contributed by atoms with Gasteiger partial charge in [-0.05, 0) is 60.0 Å². The van der Waals surface area contributed by atoms with Crippen LogP contribution in [0.3, 0.4) is 0 Å². The number of carbonyl (C=O) groups is 2. The van der Waals surface area contributed by atoms with Crippen LogP contribution in [0, 0.1) is 5.82 Å². The van der Waals surface area contributed by atoms with Crippen molar-refractivity contribution in [2.45, 2.75) is 25.8 Å². The fourth-order valence-electron chi connectivity index (χ4n) is 4.03. The van der Waals surface area contributed by atoms with E-state index in [1.165, 1.54) is 35.4 Å². The number of hydrogen-bond acceptors (Lipinski definition) is 5. The summed E-state index contributed by atoms with van der Waals surface area (Å²) in [4.78, 5) is 31.7. The van der Waals surface area contributed by atoms with Crippen molar-refractivity contribution in [3.63, 3.8) is 0 Å². The number of aromatic nitrogens is 1. The standard InChI is InChI=1S/C26H23FN2O4/c1-15(2)19-13-16(10-11-21(19)33-3)24(30)22-23(20-9-4-5-12-28-20)29(26(32)25(22)31)18-8-6-7-17(27)14-18/h4-15,23,30H,1-3H3/b24-22-. The van der Waals surface area contributed by atoms with Crippen molar-refractivity contribution in [3.05, 3.63) is 95.1 Å². The minimum Gasteiger partial charge on any atom is -0.507 e. The minimum absolute atomic E-state index is 0.0917. The molecule has 0 spiro atoms. The van der Waals surface area contributed by atoms with Crippen LogP contribution in [0.4, 0.5) is 10.1 Å². The molecule has 4 rings (SSSR count). The molecule has 2 heterocycles. The third kappa shape index (κ3) is 3.98. The van der Waals surface area contributed by atoms with Crippen LogP contribution in [0.15, 0.2) is 72.4 Å². The number of benzene rings is 2. The van der Waals surface area contributed by atoms with Crippen LogP contribution in [0.5, 0.6) is 5.75 Å². The fraction of sp³-hybridized carbons (Fsp3) is 0.192. The highest BCUT2D eigenvalue weighted by Gasteiger charge is 2.47. The number of amides is 1. The molecule has 1 fully saturated rings. The van der Waals surface area contributed by atoms with Crippen LogP contribution in [0.25, 0.3) is 5.76 Å². The Labute approximate surface area is 191 Å². The lowest BCUT2D eigenvalue weighted by molar-refractivity contribution is -0.132. The number of aliphatic hydroxyl groups is 1. The Morgan fingerprint density at radius 3 is 2.52 bits per heavy atom. The Bertz CT molecular complexity index is 1250. The molecule has 7 heteroatoms. The molecule has 1 aliphatic rings. The van der Waals surface area contributed by atoms with Crippen LogP contribution >= 0.6 is 0 Å². The number of anilines is 1. The van der Waals surface area contributed by atoms with Gasteiger partial charge < -0.3 is 9.84 Å². The van der Waals surface area contributed by atoms with Gasteiger partial charge in [0.1, 0.15) is 23.4 Å². The van der Waals surface area contributed by atoms with Crippen LogP contribution in [-0.2, 0) is 9.59 Å². The summed E-state index contributed by atoms with van der Waals surface area (Å²) in [5.41, 5.74) is 1.68. The number of hydrogen-bond donors (Lipinski definition) is 1. The summed E-state index contributed by atoms with van der Waals surface area (Å²) < 4.78 is 19.4. The quantitative estimate of drug-likeness (QED) is 0.340. The lowest BCUT2D eigenvalue weighted by atomic mass is 9.94. The van der Waals surface area contributed by atoms with Gasteiger partial charge >= 0.3 is 0 Å². The molecule has 1 aliphatic heterocycles. The molecule has 168 valence electrons. The van der Waals surface area contributed by atoms with E-state index >= 15 is 0 Å². The van der Waals surface area contributed by atoms with E-state index in [0.717, 1.165) is 5.56 Å². The molecule has 0 aliphatic carbocycles. The summed E-state index contributed by atoms with van der Waals surface area (Å²) in [5.74, 6) is -1.86. The molecule has 1 unspecified atom stereocenters. The summed E-state index contributed by atoms with van der Waals surface area (Å²) in [6.07, 6.45) is 1.53. The van der Waals surface area contributed by atoms with Crippen molar-refractivity contribution in [1.29, 1.82) is 0 Å². The van der Waals surface area contributed by atoms with Crippen LogP contribution in [0.2, 0.25) is 0 Å². The van der Waals surface area contributed by atoms with Gasteiger partial charge in [0.2, 0.25) is 0 Å². The average Bonchev–Trinajstić information content (AvgIpc) is 3.09. The second-order valence-corrected chi connectivity index (χ2v) is 8.02. The summed E-state index contributed by atoms with van der Waals surface area (Å²) in [5, 5.41) is 11.3. The van der Waals surface area contributed by atoms with Gasteiger partial charge in [0.25, 0.3) is 11.7 Å². The normalized spacial score (nSPS) is 17.6. The molecule has 0 bridgehead atoms. The summed E-state index contributed by atoms with van der Waals surface area (Å²) in [6, 6.07) is 14.6. The number of Topliss-reactive ketones (excluding diaryl/α,β-unsaturated/α-hetero) is 1. The Balaban J connectivity index is 1.94. The SMILES string of the molecule is COc1ccc(/C(O)=C2/C(=O)C(=O)N(c3cccc(F)c3)C2c2ccccn2)cc1C(C)C. The Kier molecular flexibility index (Phi) is 5.96. The van der Waals surface area contributed by atoms with E-state index in [2.05, 4.69) is 4.98 Å². The fourth-order valence-corrected chi connectivity index (χ4v) is 4.03. The molecule has 33 heavy (non-hydrogen) atoms. The zero-order valence-electron chi connectivity index (χ0n) is 18.4. The number of ether oxygens (including phenoxy) is 1. The number of methoxy groups -OCH3 is 1. The molecule has 3 aromatic rings. The lowest BCUT2D eigenvalue weighted by Crippen LogP contribution is -2.29. The van der Waals surface area contributed by atoms with Crippen molar-refractivity contribution in [2.75, 3.05) is 12.0 Å². The van der Waals surface area contributed by atoms with Crippen molar-refractivity contribution >= 4 is 23.1 Å². The summed E-state index contributed by atoms with van der Waals surface area (Å²) >= 11 is 0. The smallest absolute Gasteiger partial charge is 0.300 e. The molecule has 1 atom stereocenters. The maximum Gasteiger partial charge on any atom is 0.300 e. The van der Waals surface area contributed by atoms with Gasteiger partial charge in [-0.2, -0.15) is 0 Å². The van der Waals surface area contributed by atoms with Crippen molar-refractivity contribution in [3.8, 4) is 5.75 Å². The van der Waals surface area contributed by atoms with Gasteiger partial charge in [-0.15, -0.1) is 0 Å². The van der Waals surface area contributed by atoms with Gasteiger partial charge in [-0.1, -0.05) is 26.0 Å². The Morgan fingerprint density at radius 1 is 1.09 bits per heavy atom. The Hall–Kier alpha value is -4.00. The molecule has 2 aromatic carbocycles. The molecule has 1 aromatic heterocycles. The number of aliphatic hydroxyl groups excluding tert-OH is 1. The zero-order chi connectivity index (χ0) is 23.7. The van der Waals surface area contributed by atoms with E-state index in [0.29, 0.717) is 17.0 Å². The average molecular weight is 446 g/mol. The number of pyridine rings is 1. The number of nitrogens with zero attached hydrogens (tertiary/aromatic N) is 2.